The highest BCUT2D eigenvalue weighted by Gasteiger charge is 2.26. The summed E-state index contributed by atoms with van der Waals surface area (Å²) in [6, 6.07) is 0. The van der Waals surface area contributed by atoms with Gasteiger partial charge in [0.1, 0.15) is 12.2 Å². The van der Waals surface area contributed by atoms with Crippen LogP contribution in [0, 0.1) is 0 Å². The SMILES string of the molecule is CCCCCCCCCCCCCCCCCOCC(COP(=O)(O)OCC(O)CO)OC(=O)CCCCCCCCCC. The lowest BCUT2D eigenvalue weighted by Gasteiger charge is -2.20. The molecule has 0 aliphatic heterocycles. The maximum absolute atomic E-state index is 12.4. The minimum Gasteiger partial charge on any atom is -0.457 e. The van der Waals surface area contributed by atoms with Crippen LogP contribution in [0.15, 0.2) is 0 Å². The van der Waals surface area contributed by atoms with E-state index in [0.29, 0.717) is 6.61 Å². The second-order valence-electron chi connectivity index (χ2n) is 12.3. The van der Waals surface area contributed by atoms with Crippen molar-refractivity contribution in [2.45, 2.75) is 180 Å². The quantitative estimate of drug-likeness (QED) is 0.0349. The van der Waals surface area contributed by atoms with Gasteiger partial charge in [-0.2, -0.15) is 0 Å². The summed E-state index contributed by atoms with van der Waals surface area (Å²) >= 11 is 0. The van der Waals surface area contributed by atoms with Gasteiger partial charge in [0.25, 0.3) is 0 Å². The van der Waals surface area contributed by atoms with Crippen LogP contribution in [0.5, 0.6) is 0 Å². The molecule has 3 unspecified atom stereocenters. The van der Waals surface area contributed by atoms with E-state index in [1.807, 2.05) is 0 Å². The number of hydrogen-bond acceptors (Lipinski definition) is 8. The Labute approximate surface area is 269 Å². The van der Waals surface area contributed by atoms with Gasteiger partial charge in [-0.25, -0.2) is 4.57 Å². The van der Waals surface area contributed by atoms with Crippen LogP contribution in [0.3, 0.4) is 0 Å². The summed E-state index contributed by atoms with van der Waals surface area (Å²) in [6.45, 7) is 3.50. The number of carbonyl (C=O) groups is 1. The first-order valence-corrected chi connectivity index (χ1v) is 19.5. The zero-order valence-corrected chi connectivity index (χ0v) is 29.3. The number of aliphatic hydroxyl groups excluding tert-OH is 2. The Balaban J connectivity index is 4.16. The number of unbranched alkanes of at least 4 members (excludes halogenated alkanes) is 21. The molecular formula is C34H69O9P. The van der Waals surface area contributed by atoms with Crippen molar-refractivity contribution < 1.29 is 43.0 Å². The molecule has 0 spiro atoms. The Bertz CT molecular complexity index is 665. The number of hydrogen-bond donors (Lipinski definition) is 3. The lowest BCUT2D eigenvalue weighted by molar-refractivity contribution is -0.154. The highest BCUT2D eigenvalue weighted by molar-refractivity contribution is 7.47. The van der Waals surface area contributed by atoms with E-state index in [1.54, 1.807) is 0 Å². The molecule has 0 saturated heterocycles. The third-order valence-corrected chi connectivity index (χ3v) is 8.74. The van der Waals surface area contributed by atoms with Crippen LogP contribution in [0.4, 0.5) is 0 Å². The number of rotatable bonds is 35. The predicted molar refractivity (Wildman–Crippen MR) is 178 cm³/mol. The molecule has 0 aliphatic rings. The molecule has 10 heteroatoms. The van der Waals surface area contributed by atoms with E-state index < -0.39 is 33.2 Å². The first kappa shape index (κ1) is 43.5. The molecule has 0 aromatic rings. The molecule has 0 aromatic heterocycles. The zero-order valence-electron chi connectivity index (χ0n) is 28.4. The summed E-state index contributed by atoms with van der Waals surface area (Å²) in [6.07, 6.45) is 26.4. The van der Waals surface area contributed by atoms with Crippen molar-refractivity contribution in [3.63, 3.8) is 0 Å². The van der Waals surface area contributed by atoms with Crippen molar-refractivity contribution in [2.24, 2.45) is 0 Å². The summed E-state index contributed by atoms with van der Waals surface area (Å²) in [5.41, 5.74) is 0. The first-order chi connectivity index (χ1) is 21.3. The summed E-state index contributed by atoms with van der Waals surface area (Å²) in [5.74, 6) is -0.385. The monoisotopic (exact) mass is 652 g/mol. The van der Waals surface area contributed by atoms with Gasteiger partial charge in [0.15, 0.2) is 0 Å². The van der Waals surface area contributed by atoms with Crippen LogP contribution in [0.1, 0.15) is 168 Å². The van der Waals surface area contributed by atoms with E-state index in [0.717, 1.165) is 32.1 Å². The van der Waals surface area contributed by atoms with Crippen molar-refractivity contribution in [2.75, 3.05) is 33.0 Å². The minimum absolute atomic E-state index is 0.0566. The average molecular weight is 653 g/mol. The molecule has 264 valence electrons. The van der Waals surface area contributed by atoms with Crippen molar-refractivity contribution in [3.05, 3.63) is 0 Å². The topological polar surface area (TPSA) is 132 Å². The fourth-order valence-corrected chi connectivity index (χ4v) is 5.79. The van der Waals surface area contributed by atoms with Gasteiger partial charge in [-0.15, -0.1) is 0 Å². The summed E-state index contributed by atoms with van der Waals surface area (Å²) in [5, 5.41) is 18.2. The van der Waals surface area contributed by atoms with Crippen molar-refractivity contribution >= 4 is 13.8 Å². The molecule has 0 bridgehead atoms. The van der Waals surface area contributed by atoms with Gasteiger partial charge in [0.05, 0.1) is 26.4 Å². The normalized spacial score (nSPS) is 14.4. The van der Waals surface area contributed by atoms with Gasteiger partial charge in [0.2, 0.25) is 0 Å². The van der Waals surface area contributed by atoms with Crippen LogP contribution in [0.2, 0.25) is 0 Å². The zero-order chi connectivity index (χ0) is 32.6. The van der Waals surface area contributed by atoms with E-state index in [4.69, 9.17) is 23.6 Å². The molecule has 0 amide bonds. The molecular weight excluding hydrogens is 583 g/mol. The lowest BCUT2D eigenvalue weighted by atomic mass is 10.0. The third-order valence-electron chi connectivity index (χ3n) is 7.79. The number of ether oxygens (including phenoxy) is 2. The average Bonchev–Trinajstić information content (AvgIpc) is 3.01. The van der Waals surface area contributed by atoms with E-state index in [1.165, 1.54) is 116 Å². The molecule has 3 N–H and O–H groups in total. The molecule has 9 nitrogen and oxygen atoms in total. The Morgan fingerprint density at radius 2 is 1.02 bits per heavy atom. The fourth-order valence-electron chi connectivity index (χ4n) is 5.00. The van der Waals surface area contributed by atoms with Crippen LogP contribution in [-0.4, -0.2) is 66.3 Å². The van der Waals surface area contributed by atoms with E-state index >= 15 is 0 Å². The number of aliphatic hydroxyl groups is 2. The van der Waals surface area contributed by atoms with Gasteiger partial charge >= 0.3 is 13.8 Å². The molecule has 0 fully saturated rings. The highest BCUT2D eigenvalue weighted by atomic mass is 31.2. The summed E-state index contributed by atoms with van der Waals surface area (Å²) in [7, 11) is -4.49. The Morgan fingerprint density at radius 1 is 0.614 bits per heavy atom. The van der Waals surface area contributed by atoms with Gasteiger partial charge in [-0.3, -0.25) is 13.8 Å². The molecule has 0 heterocycles. The maximum atomic E-state index is 12.4. The Morgan fingerprint density at radius 3 is 1.48 bits per heavy atom. The van der Waals surface area contributed by atoms with E-state index in [-0.39, 0.29) is 25.6 Å². The summed E-state index contributed by atoms with van der Waals surface area (Å²) < 4.78 is 33.1. The minimum atomic E-state index is -4.49. The smallest absolute Gasteiger partial charge is 0.457 e. The first-order valence-electron chi connectivity index (χ1n) is 18.0. The number of phosphoric acid groups is 1. The van der Waals surface area contributed by atoms with Crippen LogP contribution in [-0.2, 0) is 27.9 Å². The molecule has 0 radical (unpaired) electrons. The van der Waals surface area contributed by atoms with E-state index in [2.05, 4.69) is 13.8 Å². The number of phosphoric ester groups is 1. The van der Waals surface area contributed by atoms with Crippen LogP contribution >= 0.6 is 7.82 Å². The summed E-state index contributed by atoms with van der Waals surface area (Å²) in [4.78, 5) is 22.3. The molecule has 44 heavy (non-hydrogen) atoms. The maximum Gasteiger partial charge on any atom is 0.472 e. The van der Waals surface area contributed by atoms with Crippen molar-refractivity contribution in [3.8, 4) is 0 Å². The lowest BCUT2D eigenvalue weighted by Crippen LogP contribution is -2.29. The van der Waals surface area contributed by atoms with Gasteiger partial charge < -0.3 is 24.6 Å². The largest absolute Gasteiger partial charge is 0.472 e. The predicted octanol–water partition coefficient (Wildman–Crippen LogP) is 8.80. The molecule has 0 aromatic carbocycles. The highest BCUT2D eigenvalue weighted by Crippen LogP contribution is 2.43. The standard InChI is InChI=1S/C34H69O9P/c1-3-5-7-9-11-13-14-15-16-17-18-19-21-23-25-27-40-30-33(31-42-44(38,39)41-29-32(36)28-35)43-34(37)26-24-22-20-12-10-8-6-4-2/h32-33,35-36H,3-31H2,1-2H3,(H,38,39). The Hall–Kier alpha value is -0.540. The molecule has 0 aliphatic carbocycles. The van der Waals surface area contributed by atoms with Crippen molar-refractivity contribution in [1.82, 2.24) is 0 Å². The van der Waals surface area contributed by atoms with Crippen LogP contribution < -0.4 is 0 Å². The van der Waals surface area contributed by atoms with Crippen molar-refractivity contribution in [1.29, 1.82) is 0 Å². The molecule has 3 atom stereocenters. The number of esters is 1. The molecule has 0 saturated carbocycles. The van der Waals surface area contributed by atoms with Gasteiger partial charge in [-0.05, 0) is 12.8 Å². The van der Waals surface area contributed by atoms with Crippen LogP contribution in [0.25, 0.3) is 0 Å². The van der Waals surface area contributed by atoms with E-state index in [9.17, 15) is 19.4 Å². The second kappa shape index (κ2) is 32.4. The Kier molecular flexibility index (Phi) is 32.0. The number of carbonyl (C=O) groups excluding carboxylic acids is 1. The fraction of sp³-hybridized carbons (Fsp3) is 0.971. The second-order valence-corrected chi connectivity index (χ2v) is 13.7. The molecule has 0 rings (SSSR count). The third kappa shape index (κ3) is 31.4. The van der Waals surface area contributed by atoms with Gasteiger partial charge in [-0.1, -0.05) is 149 Å². The van der Waals surface area contributed by atoms with Gasteiger partial charge in [0, 0.05) is 13.0 Å².